The third kappa shape index (κ3) is 1.80. The van der Waals surface area contributed by atoms with Crippen molar-refractivity contribution in [2.45, 2.75) is 6.61 Å². The van der Waals surface area contributed by atoms with Crippen LogP contribution in [0.15, 0.2) is 29.1 Å². The Morgan fingerprint density at radius 1 is 1.42 bits per heavy atom. The third-order valence-electron chi connectivity index (χ3n) is 2.88. The summed E-state index contributed by atoms with van der Waals surface area (Å²) in [6.07, 6.45) is 0. The Balaban J connectivity index is 2.16. The van der Waals surface area contributed by atoms with Gasteiger partial charge in [-0.05, 0) is 12.1 Å². The summed E-state index contributed by atoms with van der Waals surface area (Å²) in [4.78, 5) is 19.4. The van der Waals surface area contributed by atoms with Crippen molar-refractivity contribution >= 4 is 16.7 Å². The predicted molar refractivity (Wildman–Crippen MR) is 71.2 cm³/mol. The molecule has 3 rings (SSSR count). The van der Waals surface area contributed by atoms with Crippen molar-refractivity contribution in [3.05, 3.63) is 40.3 Å². The van der Waals surface area contributed by atoms with Crippen LogP contribution in [-0.2, 0) is 11.3 Å². The molecule has 0 aliphatic heterocycles. The molecule has 0 amide bonds. The zero-order valence-electron chi connectivity index (χ0n) is 10.3. The number of methoxy groups -OCH3 is 1. The number of para-hydroxylation sites is 2. The molecule has 0 fully saturated rings. The van der Waals surface area contributed by atoms with Gasteiger partial charge in [0.1, 0.15) is 5.69 Å². The Morgan fingerprint density at radius 2 is 2.21 bits per heavy atom. The molecule has 0 bridgehead atoms. The van der Waals surface area contributed by atoms with E-state index in [-0.39, 0.29) is 17.9 Å². The number of fused-ring (bicyclic) bond motifs is 1. The molecule has 4 N–H and O–H groups in total. The first kappa shape index (κ1) is 11.5. The number of hydrogen-bond donors (Lipinski definition) is 3. The minimum absolute atomic E-state index is 0.141. The van der Waals surface area contributed by atoms with E-state index in [1.807, 2.05) is 24.3 Å². The molecule has 1 aromatic carbocycles. The fraction of sp³-hybridized carbons (Fsp3) is 0.167. The van der Waals surface area contributed by atoms with Gasteiger partial charge in [0.15, 0.2) is 0 Å². The summed E-state index contributed by atoms with van der Waals surface area (Å²) in [5.74, 6) is 0.403. The summed E-state index contributed by atoms with van der Waals surface area (Å²) >= 11 is 0. The molecule has 0 radical (unpaired) electrons. The maximum Gasteiger partial charge on any atom is 0.297 e. The predicted octanol–water partition coefficient (Wildman–Crippen LogP) is 0.771. The van der Waals surface area contributed by atoms with Gasteiger partial charge in [-0.2, -0.15) is 4.68 Å². The summed E-state index contributed by atoms with van der Waals surface area (Å²) in [6.45, 7) is 0.244. The van der Waals surface area contributed by atoms with Gasteiger partial charge in [-0.3, -0.25) is 9.89 Å². The summed E-state index contributed by atoms with van der Waals surface area (Å²) in [5.41, 5.74) is 7.71. The second kappa shape index (κ2) is 4.29. The SMILES string of the molecule is COCc1[nH]n(-c2nc3ccccc3[nH]2)c(=O)c1N. The topological polar surface area (TPSA) is 102 Å². The maximum absolute atomic E-state index is 12.0. The number of nitrogen functional groups attached to an aromatic ring is 1. The van der Waals surface area contributed by atoms with Crippen molar-refractivity contribution in [1.29, 1.82) is 0 Å². The van der Waals surface area contributed by atoms with Crippen molar-refractivity contribution in [3.63, 3.8) is 0 Å². The molecule has 0 saturated heterocycles. The number of nitrogens with one attached hydrogen (secondary N) is 2. The van der Waals surface area contributed by atoms with Crippen LogP contribution in [0.1, 0.15) is 5.69 Å². The van der Waals surface area contributed by atoms with Crippen LogP contribution in [0.25, 0.3) is 17.0 Å². The van der Waals surface area contributed by atoms with E-state index in [0.29, 0.717) is 11.6 Å². The number of rotatable bonds is 3. The zero-order chi connectivity index (χ0) is 13.4. The molecular formula is C12H13N5O2. The fourth-order valence-corrected chi connectivity index (χ4v) is 1.94. The van der Waals surface area contributed by atoms with E-state index >= 15 is 0 Å². The second-order valence-electron chi connectivity index (χ2n) is 4.16. The Kier molecular flexibility index (Phi) is 2.60. The van der Waals surface area contributed by atoms with Crippen LogP contribution >= 0.6 is 0 Å². The van der Waals surface area contributed by atoms with Crippen LogP contribution in [-0.4, -0.2) is 26.9 Å². The highest BCUT2D eigenvalue weighted by atomic mass is 16.5. The van der Waals surface area contributed by atoms with Gasteiger partial charge in [0.2, 0.25) is 5.95 Å². The van der Waals surface area contributed by atoms with Crippen LogP contribution in [0, 0.1) is 0 Å². The van der Waals surface area contributed by atoms with Crippen LogP contribution in [0.2, 0.25) is 0 Å². The minimum Gasteiger partial charge on any atom is -0.393 e. The van der Waals surface area contributed by atoms with Crippen LogP contribution in [0.4, 0.5) is 5.69 Å². The molecular weight excluding hydrogens is 246 g/mol. The van der Waals surface area contributed by atoms with Crippen LogP contribution in [0.5, 0.6) is 0 Å². The lowest BCUT2D eigenvalue weighted by Gasteiger charge is -1.96. The van der Waals surface area contributed by atoms with Crippen LogP contribution < -0.4 is 11.3 Å². The van der Waals surface area contributed by atoms with E-state index in [0.717, 1.165) is 11.0 Å². The number of anilines is 1. The Morgan fingerprint density at radius 3 is 2.95 bits per heavy atom. The van der Waals surface area contributed by atoms with Crippen molar-refractivity contribution in [1.82, 2.24) is 19.7 Å². The van der Waals surface area contributed by atoms with Gasteiger partial charge in [-0.25, -0.2) is 4.98 Å². The number of nitrogens with zero attached hydrogens (tertiary/aromatic N) is 2. The highest BCUT2D eigenvalue weighted by molar-refractivity contribution is 5.75. The quantitative estimate of drug-likeness (QED) is 0.646. The van der Waals surface area contributed by atoms with Gasteiger partial charge in [0.25, 0.3) is 5.56 Å². The molecule has 2 aromatic heterocycles. The van der Waals surface area contributed by atoms with Crippen molar-refractivity contribution in [3.8, 4) is 5.95 Å². The monoisotopic (exact) mass is 259 g/mol. The van der Waals surface area contributed by atoms with E-state index in [9.17, 15) is 4.79 Å². The van der Waals surface area contributed by atoms with E-state index < -0.39 is 0 Å². The van der Waals surface area contributed by atoms with Gasteiger partial charge in [0, 0.05) is 7.11 Å². The minimum atomic E-state index is -0.342. The number of benzene rings is 1. The molecule has 7 heteroatoms. The Bertz CT molecular complexity index is 750. The molecule has 0 aliphatic rings. The number of aromatic amines is 2. The van der Waals surface area contributed by atoms with Crippen molar-refractivity contribution in [2.24, 2.45) is 0 Å². The normalized spacial score (nSPS) is 11.2. The first-order valence-corrected chi connectivity index (χ1v) is 5.74. The number of hydrogen-bond acceptors (Lipinski definition) is 4. The molecule has 98 valence electrons. The summed E-state index contributed by atoms with van der Waals surface area (Å²) in [6, 6.07) is 7.53. The molecule has 7 nitrogen and oxygen atoms in total. The average Bonchev–Trinajstić information content (AvgIpc) is 2.95. The number of nitrogens with two attached hydrogens (primary N) is 1. The van der Waals surface area contributed by atoms with E-state index in [1.54, 1.807) is 0 Å². The molecule has 0 spiro atoms. The largest absolute Gasteiger partial charge is 0.393 e. The number of ether oxygens (including phenoxy) is 1. The smallest absolute Gasteiger partial charge is 0.297 e. The molecule has 3 aromatic rings. The molecule has 0 saturated carbocycles. The van der Waals surface area contributed by atoms with Gasteiger partial charge in [-0.1, -0.05) is 12.1 Å². The zero-order valence-corrected chi connectivity index (χ0v) is 10.3. The third-order valence-corrected chi connectivity index (χ3v) is 2.88. The lowest BCUT2D eigenvalue weighted by atomic mass is 10.3. The van der Waals surface area contributed by atoms with Gasteiger partial charge < -0.3 is 15.5 Å². The first-order valence-electron chi connectivity index (χ1n) is 5.74. The maximum atomic E-state index is 12.0. The lowest BCUT2D eigenvalue weighted by Crippen LogP contribution is -2.17. The van der Waals surface area contributed by atoms with Gasteiger partial charge in [0.05, 0.1) is 23.3 Å². The van der Waals surface area contributed by atoms with E-state index in [1.165, 1.54) is 11.8 Å². The number of aromatic nitrogens is 4. The molecule has 0 atom stereocenters. The molecule has 2 heterocycles. The van der Waals surface area contributed by atoms with Crippen molar-refractivity contribution < 1.29 is 4.74 Å². The summed E-state index contributed by atoms with van der Waals surface area (Å²) in [5, 5.41) is 2.89. The van der Waals surface area contributed by atoms with Gasteiger partial charge >= 0.3 is 0 Å². The van der Waals surface area contributed by atoms with E-state index in [2.05, 4.69) is 15.1 Å². The summed E-state index contributed by atoms with van der Waals surface area (Å²) < 4.78 is 6.26. The highest BCUT2D eigenvalue weighted by Gasteiger charge is 2.14. The molecule has 0 aliphatic carbocycles. The molecule has 0 unspecified atom stereocenters. The summed E-state index contributed by atoms with van der Waals surface area (Å²) in [7, 11) is 1.54. The Labute approximate surface area is 108 Å². The van der Waals surface area contributed by atoms with Crippen molar-refractivity contribution in [2.75, 3.05) is 12.8 Å². The van der Waals surface area contributed by atoms with Gasteiger partial charge in [-0.15, -0.1) is 0 Å². The Hall–Kier alpha value is -2.54. The average molecular weight is 259 g/mol. The standard InChI is InChI=1S/C12H13N5O2/c1-19-6-9-10(13)11(18)17(16-9)12-14-7-4-2-3-5-8(7)15-12/h2-5,16H,6,13H2,1H3,(H,14,15). The second-order valence-corrected chi connectivity index (χ2v) is 4.16. The highest BCUT2D eigenvalue weighted by Crippen LogP contribution is 2.13. The fourth-order valence-electron chi connectivity index (χ4n) is 1.94. The van der Waals surface area contributed by atoms with E-state index in [4.69, 9.17) is 10.5 Å². The van der Waals surface area contributed by atoms with Crippen LogP contribution in [0.3, 0.4) is 0 Å². The first-order chi connectivity index (χ1) is 9.20. The molecule has 19 heavy (non-hydrogen) atoms. The lowest BCUT2D eigenvalue weighted by molar-refractivity contribution is 0.181. The number of imidazole rings is 1. The number of H-pyrrole nitrogens is 2.